The molecule has 1 heterocycles. The standard InChI is InChI=1S/C19H26N2O3S/c1-20(2)9-8-18-5-3-4-17-7-6-16(14-19(17)18)15-25(22,23)21-10-12-24-13-11-21/h3-7,14H,8-13,15H2,1-2H3. The first-order valence-electron chi connectivity index (χ1n) is 8.66. The normalized spacial score (nSPS) is 16.6. The van der Waals surface area contributed by atoms with Crippen LogP contribution in [0.3, 0.4) is 0 Å². The Balaban J connectivity index is 1.85. The SMILES string of the molecule is CN(C)CCc1cccc2ccc(CS(=O)(=O)N3CCOCC3)cc12. The molecule has 1 saturated heterocycles. The Morgan fingerprint density at radius 2 is 1.88 bits per heavy atom. The lowest BCUT2D eigenvalue weighted by Crippen LogP contribution is -2.41. The van der Waals surface area contributed by atoms with E-state index in [1.165, 1.54) is 5.56 Å². The third kappa shape index (κ3) is 4.58. The molecule has 0 aromatic heterocycles. The van der Waals surface area contributed by atoms with Gasteiger partial charge in [-0.05, 0) is 48.5 Å². The van der Waals surface area contributed by atoms with Crippen molar-refractivity contribution in [2.45, 2.75) is 12.2 Å². The summed E-state index contributed by atoms with van der Waals surface area (Å²) in [4.78, 5) is 2.16. The highest BCUT2D eigenvalue weighted by molar-refractivity contribution is 7.88. The molecule has 2 aromatic carbocycles. The second-order valence-electron chi connectivity index (χ2n) is 6.79. The topological polar surface area (TPSA) is 49.9 Å². The van der Waals surface area contributed by atoms with E-state index >= 15 is 0 Å². The fourth-order valence-corrected chi connectivity index (χ4v) is 4.65. The van der Waals surface area contributed by atoms with Crippen molar-refractivity contribution in [2.75, 3.05) is 46.9 Å². The highest BCUT2D eigenvalue weighted by atomic mass is 32.2. The maximum atomic E-state index is 12.7. The highest BCUT2D eigenvalue weighted by Crippen LogP contribution is 2.23. The van der Waals surface area contributed by atoms with Gasteiger partial charge in [-0.25, -0.2) is 8.42 Å². The lowest BCUT2D eigenvalue weighted by atomic mass is 10.0. The summed E-state index contributed by atoms with van der Waals surface area (Å²) in [6, 6.07) is 12.3. The number of ether oxygens (including phenoxy) is 1. The lowest BCUT2D eigenvalue weighted by molar-refractivity contribution is 0.0729. The van der Waals surface area contributed by atoms with Gasteiger partial charge in [0.05, 0.1) is 19.0 Å². The fourth-order valence-electron chi connectivity index (χ4n) is 3.16. The Labute approximate surface area is 150 Å². The minimum absolute atomic E-state index is 0.0466. The van der Waals surface area contributed by atoms with Crippen LogP contribution >= 0.6 is 0 Å². The van der Waals surface area contributed by atoms with Gasteiger partial charge in [-0.2, -0.15) is 4.31 Å². The van der Waals surface area contributed by atoms with Crippen LogP contribution in [0.25, 0.3) is 10.8 Å². The van der Waals surface area contributed by atoms with Gasteiger partial charge in [-0.15, -0.1) is 0 Å². The van der Waals surface area contributed by atoms with Crippen LogP contribution < -0.4 is 0 Å². The molecule has 0 aliphatic carbocycles. The van der Waals surface area contributed by atoms with Gasteiger partial charge in [-0.1, -0.05) is 30.3 Å². The van der Waals surface area contributed by atoms with Crippen LogP contribution in [-0.4, -0.2) is 64.6 Å². The first-order valence-corrected chi connectivity index (χ1v) is 10.3. The summed E-state index contributed by atoms with van der Waals surface area (Å²) in [6.07, 6.45) is 0.948. The number of hydrogen-bond acceptors (Lipinski definition) is 4. The summed E-state index contributed by atoms with van der Waals surface area (Å²) < 4.78 is 32.1. The average Bonchev–Trinajstić information content (AvgIpc) is 2.60. The van der Waals surface area contributed by atoms with Crippen molar-refractivity contribution in [3.63, 3.8) is 0 Å². The van der Waals surface area contributed by atoms with Gasteiger partial charge in [0.2, 0.25) is 10.0 Å². The largest absolute Gasteiger partial charge is 0.379 e. The van der Waals surface area contributed by atoms with Crippen molar-refractivity contribution in [1.82, 2.24) is 9.21 Å². The highest BCUT2D eigenvalue weighted by Gasteiger charge is 2.24. The summed E-state index contributed by atoms with van der Waals surface area (Å²) >= 11 is 0. The molecule has 2 aromatic rings. The second kappa shape index (κ2) is 7.83. The molecule has 0 N–H and O–H groups in total. The maximum Gasteiger partial charge on any atom is 0.218 e. The van der Waals surface area contributed by atoms with Gasteiger partial charge in [0.25, 0.3) is 0 Å². The van der Waals surface area contributed by atoms with Crippen molar-refractivity contribution in [3.05, 3.63) is 47.5 Å². The van der Waals surface area contributed by atoms with Crippen molar-refractivity contribution in [3.8, 4) is 0 Å². The smallest absolute Gasteiger partial charge is 0.218 e. The third-order valence-corrected chi connectivity index (χ3v) is 6.43. The van der Waals surface area contributed by atoms with Crippen LogP contribution in [0.2, 0.25) is 0 Å². The fraction of sp³-hybridized carbons (Fsp3) is 0.474. The number of sulfonamides is 1. The molecule has 1 fully saturated rings. The molecule has 6 heteroatoms. The van der Waals surface area contributed by atoms with Crippen LogP contribution in [0.15, 0.2) is 36.4 Å². The van der Waals surface area contributed by atoms with Crippen LogP contribution in [0.1, 0.15) is 11.1 Å². The minimum atomic E-state index is -3.30. The molecular formula is C19H26N2O3S. The zero-order chi connectivity index (χ0) is 17.9. The molecule has 0 spiro atoms. The summed E-state index contributed by atoms with van der Waals surface area (Å²) in [5, 5.41) is 2.31. The van der Waals surface area contributed by atoms with Crippen LogP contribution in [-0.2, 0) is 26.9 Å². The quantitative estimate of drug-likeness (QED) is 0.790. The molecule has 1 aliphatic heterocycles. The van der Waals surface area contributed by atoms with Crippen LogP contribution in [0.5, 0.6) is 0 Å². The number of fused-ring (bicyclic) bond motifs is 1. The van der Waals surface area contributed by atoms with E-state index in [0.29, 0.717) is 26.3 Å². The first kappa shape index (κ1) is 18.3. The van der Waals surface area contributed by atoms with Gasteiger partial charge in [-0.3, -0.25) is 0 Å². The number of rotatable bonds is 6. The van der Waals surface area contributed by atoms with Crippen molar-refractivity contribution in [1.29, 1.82) is 0 Å². The Bertz CT molecular complexity index is 828. The van der Waals surface area contributed by atoms with E-state index in [1.54, 1.807) is 4.31 Å². The number of benzene rings is 2. The molecule has 1 aliphatic rings. The average molecular weight is 362 g/mol. The third-order valence-electron chi connectivity index (χ3n) is 4.58. The van der Waals surface area contributed by atoms with Crippen molar-refractivity contribution in [2.24, 2.45) is 0 Å². The maximum absolute atomic E-state index is 12.7. The predicted octanol–water partition coefficient (Wildman–Crippen LogP) is 2.11. The number of morpholine rings is 1. The molecule has 0 saturated carbocycles. The Hall–Kier alpha value is -1.47. The van der Waals surface area contributed by atoms with Gasteiger partial charge < -0.3 is 9.64 Å². The molecule has 5 nitrogen and oxygen atoms in total. The van der Waals surface area contributed by atoms with Gasteiger partial charge in [0, 0.05) is 19.6 Å². The van der Waals surface area contributed by atoms with E-state index in [1.807, 2.05) is 18.2 Å². The van der Waals surface area contributed by atoms with E-state index in [9.17, 15) is 8.42 Å². The monoisotopic (exact) mass is 362 g/mol. The number of likely N-dealkylation sites (N-methyl/N-ethyl adjacent to an activating group) is 1. The van der Waals surface area contributed by atoms with Gasteiger partial charge >= 0.3 is 0 Å². The van der Waals surface area contributed by atoms with E-state index in [0.717, 1.165) is 29.3 Å². The molecule has 0 amide bonds. The summed E-state index contributed by atoms with van der Waals surface area (Å²) in [6.45, 7) is 2.82. The molecule has 25 heavy (non-hydrogen) atoms. The Morgan fingerprint density at radius 1 is 1.12 bits per heavy atom. The van der Waals surface area contributed by atoms with Crippen LogP contribution in [0, 0.1) is 0 Å². The van der Waals surface area contributed by atoms with Gasteiger partial charge in [0.1, 0.15) is 0 Å². The molecular weight excluding hydrogens is 336 g/mol. The van der Waals surface area contributed by atoms with E-state index in [-0.39, 0.29) is 5.75 Å². The van der Waals surface area contributed by atoms with E-state index < -0.39 is 10.0 Å². The number of hydrogen-bond donors (Lipinski definition) is 0. The molecule has 0 unspecified atom stereocenters. The molecule has 0 atom stereocenters. The molecule has 0 radical (unpaired) electrons. The predicted molar refractivity (Wildman–Crippen MR) is 101 cm³/mol. The van der Waals surface area contributed by atoms with Crippen molar-refractivity contribution >= 4 is 20.8 Å². The van der Waals surface area contributed by atoms with E-state index in [4.69, 9.17) is 4.74 Å². The zero-order valence-corrected chi connectivity index (χ0v) is 15.8. The minimum Gasteiger partial charge on any atom is -0.379 e. The molecule has 0 bridgehead atoms. The number of nitrogens with zero attached hydrogens (tertiary/aromatic N) is 2. The zero-order valence-electron chi connectivity index (χ0n) is 14.9. The summed E-state index contributed by atoms with van der Waals surface area (Å²) in [5.41, 5.74) is 2.10. The van der Waals surface area contributed by atoms with Crippen molar-refractivity contribution < 1.29 is 13.2 Å². The van der Waals surface area contributed by atoms with Crippen LogP contribution in [0.4, 0.5) is 0 Å². The summed E-state index contributed by atoms with van der Waals surface area (Å²) in [5.74, 6) is 0.0466. The molecule has 3 rings (SSSR count). The Kier molecular flexibility index (Phi) is 5.74. The lowest BCUT2D eigenvalue weighted by Gasteiger charge is -2.26. The molecule has 136 valence electrons. The first-order chi connectivity index (χ1) is 12.0. The summed E-state index contributed by atoms with van der Waals surface area (Å²) in [7, 11) is 0.823. The van der Waals surface area contributed by atoms with Gasteiger partial charge in [0.15, 0.2) is 0 Å². The second-order valence-corrected chi connectivity index (χ2v) is 8.76. The Morgan fingerprint density at radius 3 is 2.60 bits per heavy atom. The van der Waals surface area contributed by atoms with E-state index in [2.05, 4.69) is 37.2 Å².